The van der Waals surface area contributed by atoms with Crippen molar-refractivity contribution in [3.63, 3.8) is 0 Å². The SMILES string of the molecule is CC(C)(C)C(=O)n1nc(-c2cccn(CC(=O)c3ccon3)c2=O)cc1NCc1ccc(Cl)s1. The highest BCUT2D eigenvalue weighted by molar-refractivity contribution is 7.16. The average Bonchev–Trinajstić information content (AvgIpc) is 3.53. The molecule has 4 aromatic rings. The minimum atomic E-state index is -0.702. The van der Waals surface area contributed by atoms with Gasteiger partial charge in [-0.2, -0.15) is 9.78 Å². The Labute approximate surface area is 204 Å². The number of nitrogens with one attached hydrogen (secondary N) is 1. The lowest BCUT2D eigenvalue weighted by atomic mass is 9.96. The molecule has 0 unspecified atom stereocenters. The number of carbonyl (C=O) groups is 2. The van der Waals surface area contributed by atoms with Crippen LogP contribution in [0.2, 0.25) is 4.34 Å². The quantitative estimate of drug-likeness (QED) is 0.370. The lowest BCUT2D eigenvalue weighted by Crippen LogP contribution is -2.29. The molecule has 4 heterocycles. The largest absolute Gasteiger partial charge is 0.365 e. The van der Waals surface area contributed by atoms with Crippen molar-refractivity contribution in [3.05, 3.63) is 74.1 Å². The first-order chi connectivity index (χ1) is 16.1. The topological polar surface area (TPSA) is 112 Å². The van der Waals surface area contributed by atoms with Crippen LogP contribution in [-0.2, 0) is 13.1 Å². The molecule has 0 aliphatic rings. The van der Waals surface area contributed by atoms with Gasteiger partial charge in [0.2, 0.25) is 5.78 Å². The van der Waals surface area contributed by atoms with Crippen molar-refractivity contribution in [2.45, 2.75) is 33.9 Å². The van der Waals surface area contributed by atoms with Gasteiger partial charge in [-0.15, -0.1) is 11.3 Å². The Kier molecular flexibility index (Phi) is 6.54. The molecule has 0 radical (unpaired) electrons. The zero-order valence-electron chi connectivity index (χ0n) is 18.7. The van der Waals surface area contributed by atoms with Gasteiger partial charge in [-0.05, 0) is 24.3 Å². The lowest BCUT2D eigenvalue weighted by molar-refractivity contribution is 0.0752. The summed E-state index contributed by atoms with van der Waals surface area (Å²) in [6, 6.07) is 10.1. The van der Waals surface area contributed by atoms with E-state index in [1.54, 1.807) is 45.0 Å². The van der Waals surface area contributed by atoms with Crippen LogP contribution in [0.4, 0.5) is 5.82 Å². The van der Waals surface area contributed by atoms with Crippen LogP contribution in [0.3, 0.4) is 0 Å². The average molecular weight is 500 g/mol. The van der Waals surface area contributed by atoms with Crippen LogP contribution in [0.1, 0.15) is 40.9 Å². The summed E-state index contributed by atoms with van der Waals surface area (Å²) in [7, 11) is 0. The number of aromatic nitrogens is 4. The van der Waals surface area contributed by atoms with Crippen molar-refractivity contribution in [1.29, 1.82) is 0 Å². The maximum absolute atomic E-state index is 13.1. The number of halogens is 1. The molecule has 0 aromatic carbocycles. The summed E-state index contributed by atoms with van der Waals surface area (Å²) < 4.78 is 7.93. The van der Waals surface area contributed by atoms with Gasteiger partial charge >= 0.3 is 0 Å². The first-order valence-corrected chi connectivity index (χ1v) is 11.6. The molecule has 4 rings (SSSR count). The Morgan fingerprint density at radius 1 is 1.21 bits per heavy atom. The van der Waals surface area contributed by atoms with E-state index >= 15 is 0 Å². The maximum Gasteiger partial charge on any atom is 0.260 e. The molecule has 4 aromatic heterocycles. The van der Waals surface area contributed by atoms with Crippen LogP contribution in [0, 0.1) is 5.41 Å². The van der Waals surface area contributed by atoms with Gasteiger partial charge in [0, 0.05) is 28.6 Å². The van der Waals surface area contributed by atoms with Crippen molar-refractivity contribution in [2.24, 2.45) is 5.41 Å². The van der Waals surface area contributed by atoms with Gasteiger partial charge in [-0.1, -0.05) is 37.5 Å². The third-order valence-corrected chi connectivity index (χ3v) is 6.18. The van der Waals surface area contributed by atoms with Crippen LogP contribution in [0.5, 0.6) is 0 Å². The zero-order chi connectivity index (χ0) is 24.5. The highest BCUT2D eigenvalue weighted by Gasteiger charge is 2.27. The molecular weight excluding hydrogens is 478 g/mol. The number of anilines is 1. The van der Waals surface area contributed by atoms with Gasteiger partial charge in [0.15, 0.2) is 5.69 Å². The summed E-state index contributed by atoms with van der Waals surface area (Å²) in [4.78, 5) is 39.6. The Bertz CT molecular complexity index is 1400. The van der Waals surface area contributed by atoms with Crippen molar-refractivity contribution in [1.82, 2.24) is 19.5 Å². The second-order valence-corrected chi connectivity index (χ2v) is 10.4. The standard InChI is InChI=1S/C23H22ClN5O4S/c1-23(2,3)22(32)29-20(25-12-14-6-7-19(24)34-14)11-17(26-29)15-5-4-9-28(21(15)31)13-18(30)16-8-10-33-27-16/h4-11,25H,12-13H2,1-3H3. The fourth-order valence-corrected chi connectivity index (χ4v) is 4.21. The van der Waals surface area contributed by atoms with Gasteiger partial charge in [0.05, 0.1) is 23.0 Å². The van der Waals surface area contributed by atoms with E-state index in [1.807, 2.05) is 6.07 Å². The zero-order valence-corrected chi connectivity index (χ0v) is 20.3. The van der Waals surface area contributed by atoms with Crippen LogP contribution in [0.15, 0.2) is 58.2 Å². The van der Waals surface area contributed by atoms with E-state index in [0.29, 0.717) is 22.4 Å². The Morgan fingerprint density at radius 3 is 2.65 bits per heavy atom. The molecule has 0 saturated carbocycles. The van der Waals surface area contributed by atoms with E-state index in [2.05, 4.69) is 15.6 Å². The Hall–Kier alpha value is -3.50. The van der Waals surface area contributed by atoms with Crippen LogP contribution in [-0.4, -0.2) is 31.2 Å². The molecule has 0 bridgehead atoms. The van der Waals surface area contributed by atoms with Crippen LogP contribution >= 0.6 is 22.9 Å². The Morgan fingerprint density at radius 2 is 2.00 bits per heavy atom. The third-order valence-electron chi connectivity index (χ3n) is 4.95. The monoisotopic (exact) mass is 499 g/mol. The van der Waals surface area contributed by atoms with E-state index in [4.69, 9.17) is 16.1 Å². The molecule has 0 spiro atoms. The second kappa shape index (κ2) is 9.40. The molecule has 1 N–H and O–H groups in total. The van der Waals surface area contributed by atoms with Crippen molar-refractivity contribution in [2.75, 3.05) is 5.32 Å². The van der Waals surface area contributed by atoms with E-state index in [9.17, 15) is 14.4 Å². The molecule has 34 heavy (non-hydrogen) atoms. The third kappa shape index (κ3) is 5.02. The second-order valence-electron chi connectivity index (χ2n) is 8.60. The number of ketones is 1. The summed E-state index contributed by atoms with van der Waals surface area (Å²) in [6.45, 7) is 5.62. The van der Waals surface area contributed by atoms with Crippen molar-refractivity contribution >= 4 is 40.4 Å². The van der Waals surface area contributed by atoms with E-state index in [-0.39, 0.29) is 29.5 Å². The predicted molar refractivity (Wildman–Crippen MR) is 129 cm³/mol. The number of hydrogen-bond donors (Lipinski definition) is 1. The minimum Gasteiger partial charge on any atom is -0.365 e. The molecule has 176 valence electrons. The fraction of sp³-hybridized carbons (Fsp3) is 0.261. The first-order valence-electron chi connectivity index (χ1n) is 10.4. The molecular formula is C23H22ClN5O4S. The summed E-state index contributed by atoms with van der Waals surface area (Å²) in [5.41, 5.74) is -0.399. The van der Waals surface area contributed by atoms with Gasteiger partial charge < -0.3 is 14.4 Å². The summed E-state index contributed by atoms with van der Waals surface area (Å²) in [6.07, 6.45) is 2.81. The summed E-state index contributed by atoms with van der Waals surface area (Å²) in [5.74, 6) is -0.144. The number of Topliss-reactive ketones (excluding diaryl/α,β-unsaturated/α-hetero) is 1. The van der Waals surface area contributed by atoms with Gasteiger partial charge in [-0.3, -0.25) is 14.4 Å². The van der Waals surface area contributed by atoms with E-state index < -0.39 is 11.0 Å². The minimum absolute atomic E-state index is 0.137. The van der Waals surface area contributed by atoms with Gasteiger partial charge in [0.1, 0.15) is 17.8 Å². The van der Waals surface area contributed by atoms with Gasteiger partial charge in [0.25, 0.3) is 11.5 Å². The number of rotatable bonds is 7. The molecule has 0 aliphatic heterocycles. The predicted octanol–water partition coefficient (Wildman–Crippen LogP) is 4.60. The highest BCUT2D eigenvalue weighted by Crippen LogP contribution is 2.26. The van der Waals surface area contributed by atoms with Crippen molar-refractivity contribution in [3.8, 4) is 11.3 Å². The van der Waals surface area contributed by atoms with E-state index in [0.717, 1.165) is 4.88 Å². The number of carbonyl (C=O) groups excluding carboxylic acids is 2. The fourth-order valence-electron chi connectivity index (χ4n) is 3.18. The summed E-state index contributed by atoms with van der Waals surface area (Å²) in [5, 5.41) is 11.3. The molecule has 0 atom stereocenters. The molecule has 0 fully saturated rings. The number of thiophene rings is 1. The molecule has 0 amide bonds. The molecule has 0 aliphatic carbocycles. The number of hydrogen-bond acceptors (Lipinski definition) is 8. The van der Waals surface area contributed by atoms with Crippen LogP contribution in [0.25, 0.3) is 11.3 Å². The first kappa shape index (κ1) is 23.7. The normalized spacial score (nSPS) is 11.5. The van der Waals surface area contributed by atoms with E-state index in [1.165, 1.54) is 39.1 Å². The molecule has 11 heteroatoms. The molecule has 0 saturated heterocycles. The van der Waals surface area contributed by atoms with Gasteiger partial charge in [-0.25, -0.2) is 0 Å². The summed E-state index contributed by atoms with van der Waals surface area (Å²) >= 11 is 7.45. The number of nitrogens with zero attached hydrogens (tertiary/aromatic N) is 4. The number of pyridine rings is 1. The maximum atomic E-state index is 13.1. The highest BCUT2D eigenvalue weighted by atomic mass is 35.5. The van der Waals surface area contributed by atoms with Crippen LogP contribution < -0.4 is 10.9 Å². The lowest BCUT2D eigenvalue weighted by Gasteiger charge is -2.18. The smallest absolute Gasteiger partial charge is 0.260 e. The van der Waals surface area contributed by atoms with Crippen molar-refractivity contribution < 1.29 is 14.1 Å². The molecule has 9 nitrogen and oxygen atoms in total. The Balaban J connectivity index is 1.68.